The summed E-state index contributed by atoms with van der Waals surface area (Å²) in [5.74, 6) is 1.17. The molecule has 1 amide bonds. The molecule has 212 valence electrons. The average molecular weight is 584 g/mol. The molecule has 3 aromatic carbocycles. The minimum absolute atomic E-state index is 0. The first-order chi connectivity index (χ1) is 19.0. The summed E-state index contributed by atoms with van der Waals surface area (Å²) in [6.07, 6.45) is 5.12. The standard InChI is InChI=1S/C31H35ClN4O3.ClH/c1-39-26-14-6-22(7-15-26)8-17-29-35-28-16-11-24(23-9-12-25(32)13-10-23)20-27(28)31(38)36(29)21-30(37)34-19-5-3-2-4-18-33;/h6-7,9-16,20H,2-5,8,17-19,21,33H2,1H3,(H,34,37);1H. The number of nitrogens with one attached hydrogen (secondary N) is 1. The van der Waals surface area contributed by atoms with Gasteiger partial charge in [-0.25, -0.2) is 4.98 Å². The van der Waals surface area contributed by atoms with Crippen molar-refractivity contribution in [2.24, 2.45) is 5.73 Å². The van der Waals surface area contributed by atoms with Gasteiger partial charge in [0.15, 0.2) is 0 Å². The number of carbonyl (C=O) groups excluding carboxylic acids is 1. The van der Waals surface area contributed by atoms with Crippen LogP contribution in [-0.2, 0) is 24.2 Å². The molecule has 0 radical (unpaired) electrons. The lowest BCUT2D eigenvalue weighted by atomic mass is 10.0. The Hall–Kier alpha value is -3.39. The van der Waals surface area contributed by atoms with E-state index < -0.39 is 0 Å². The van der Waals surface area contributed by atoms with E-state index in [2.05, 4.69) is 5.32 Å². The molecular formula is C31H36Cl2N4O3. The molecule has 0 atom stereocenters. The predicted molar refractivity (Wildman–Crippen MR) is 165 cm³/mol. The van der Waals surface area contributed by atoms with Gasteiger partial charge in [-0.15, -0.1) is 12.4 Å². The number of amides is 1. The highest BCUT2D eigenvalue weighted by Crippen LogP contribution is 2.24. The van der Waals surface area contributed by atoms with Gasteiger partial charge in [0.25, 0.3) is 5.56 Å². The van der Waals surface area contributed by atoms with E-state index in [0.717, 1.165) is 48.1 Å². The molecule has 4 aromatic rings. The Morgan fingerprint density at radius 3 is 2.35 bits per heavy atom. The fourth-order valence-corrected chi connectivity index (χ4v) is 4.67. The highest BCUT2D eigenvalue weighted by molar-refractivity contribution is 6.30. The zero-order chi connectivity index (χ0) is 27.6. The summed E-state index contributed by atoms with van der Waals surface area (Å²) in [5.41, 5.74) is 8.86. The molecule has 7 nitrogen and oxygen atoms in total. The van der Waals surface area contributed by atoms with Crippen LogP contribution < -0.4 is 21.3 Å². The lowest BCUT2D eigenvalue weighted by Crippen LogP contribution is -2.35. The largest absolute Gasteiger partial charge is 0.497 e. The first kappa shape index (κ1) is 31.1. The van der Waals surface area contributed by atoms with Gasteiger partial charge >= 0.3 is 0 Å². The number of benzene rings is 3. The molecule has 9 heteroatoms. The quantitative estimate of drug-likeness (QED) is 0.201. The second-order valence-corrected chi connectivity index (χ2v) is 10.00. The average Bonchev–Trinajstić information content (AvgIpc) is 2.96. The number of halogens is 2. The van der Waals surface area contributed by atoms with Crippen molar-refractivity contribution >= 4 is 40.8 Å². The SMILES string of the molecule is COc1ccc(CCc2nc3ccc(-c4ccc(Cl)cc4)cc3c(=O)n2CC(=O)NCCCCCCN)cc1.Cl. The van der Waals surface area contributed by atoms with Crippen LogP contribution in [0, 0.1) is 0 Å². The third-order valence-corrected chi connectivity index (χ3v) is 7.01. The molecule has 1 aromatic heterocycles. The Bertz CT molecular complexity index is 1450. The van der Waals surface area contributed by atoms with Crippen LogP contribution in [0.15, 0.2) is 71.5 Å². The molecule has 3 N–H and O–H groups in total. The molecule has 0 aliphatic heterocycles. The van der Waals surface area contributed by atoms with Gasteiger partial charge in [-0.1, -0.05) is 54.8 Å². The first-order valence-electron chi connectivity index (χ1n) is 13.4. The Balaban J connectivity index is 0.00000441. The lowest BCUT2D eigenvalue weighted by molar-refractivity contribution is -0.121. The van der Waals surface area contributed by atoms with Crippen molar-refractivity contribution in [2.45, 2.75) is 45.1 Å². The van der Waals surface area contributed by atoms with E-state index >= 15 is 0 Å². The molecule has 0 aliphatic carbocycles. The van der Waals surface area contributed by atoms with Crippen LogP contribution in [0.4, 0.5) is 0 Å². The number of rotatable bonds is 13. The molecule has 40 heavy (non-hydrogen) atoms. The molecule has 0 bridgehead atoms. The molecular weight excluding hydrogens is 547 g/mol. The molecule has 4 rings (SSSR count). The summed E-state index contributed by atoms with van der Waals surface area (Å²) in [7, 11) is 1.64. The Labute approximate surface area is 246 Å². The van der Waals surface area contributed by atoms with Crippen molar-refractivity contribution in [1.82, 2.24) is 14.9 Å². The number of ether oxygens (including phenoxy) is 1. The van der Waals surface area contributed by atoms with Crippen molar-refractivity contribution < 1.29 is 9.53 Å². The number of aromatic nitrogens is 2. The molecule has 0 spiro atoms. The van der Waals surface area contributed by atoms with Gasteiger partial charge in [0.2, 0.25) is 5.91 Å². The van der Waals surface area contributed by atoms with E-state index in [4.69, 9.17) is 27.1 Å². The van der Waals surface area contributed by atoms with E-state index in [0.29, 0.717) is 47.7 Å². The predicted octanol–water partition coefficient (Wildman–Crippen LogP) is 5.57. The number of carbonyl (C=O) groups is 1. The zero-order valence-electron chi connectivity index (χ0n) is 22.7. The van der Waals surface area contributed by atoms with E-state index in [1.807, 2.05) is 66.7 Å². The second-order valence-electron chi connectivity index (χ2n) is 9.56. The maximum Gasteiger partial charge on any atom is 0.261 e. The topological polar surface area (TPSA) is 99.2 Å². The van der Waals surface area contributed by atoms with Gasteiger partial charge in [0, 0.05) is 18.0 Å². The number of nitrogens with two attached hydrogens (primary N) is 1. The molecule has 0 aliphatic rings. The third kappa shape index (κ3) is 8.31. The molecule has 0 fully saturated rings. The molecule has 0 saturated heterocycles. The van der Waals surface area contributed by atoms with Crippen LogP contribution >= 0.6 is 24.0 Å². The molecule has 1 heterocycles. The number of unbranched alkanes of at least 4 members (excludes halogenated alkanes) is 3. The Kier molecular flexibility index (Phi) is 12.0. The molecule has 0 saturated carbocycles. The monoisotopic (exact) mass is 582 g/mol. The molecule has 0 unspecified atom stereocenters. The van der Waals surface area contributed by atoms with Gasteiger partial charge in [-0.3, -0.25) is 14.2 Å². The summed E-state index contributed by atoms with van der Waals surface area (Å²) in [5, 5.41) is 4.08. The second kappa shape index (κ2) is 15.4. The van der Waals surface area contributed by atoms with Crippen molar-refractivity contribution in [3.8, 4) is 16.9 Å². The van der Waals surface area contributed by atoms with E-state index in [-0.39, 0.29) is 30.4 Å². The fourth-order valence-electron chi connectivity index (χ4n) is 4.54. The van der Waals surface area contributed by atoms with Crippen LogP contribution in [0.5, 0.6) is 5.75 Å². The van der Waals surface area contributed by atoms with Gasteiger partial charge < -0.3 is 15.8 Å². The zero-order valence-corrected chi connectivity index (χ0v) is 24.3. The normalized spacial score (nSPS) is 10.8. The number of methoxy groups -OCH3 is 1. The number of fused-ring (bicyclic) bond motifs is 1. The number of aryl methyl sites for hydroxylation is 2. The summed E-state index contributed by atoms with van der Waals surface area (Å²) in [6, 6.07) is 20.9. The first-order valence-corrected chi connectivity index (χ1v) is 13.8. The smallest absolute Gasteiger partial charge is 0.261 e. The van der Waals surface area contributed by atoms with Crippen molar-refractivity contribution in [3.63, 3.8) is 0 Å². The van der Waals surface area contributed by atoms with Crippen molar-refractivity contribution in [2.75, 3.05) is 20.2 Å². The number of nitrogens with zero attached hydrogens (tertiary/aromatic N) is 2. The number of hydrogen-bond donors (Lipinski definition) is 2. The van der Waals surface area contributed by atoms with Crippen molar-refractivity contribution in [1.29, 1.82) is 0 Å². The lowest BCUT2D eigenvalue weighted by Gasteiger charge is -2.15. The summed E-state index contributed by atoms with van der Waals surface area (Å²) >= 11 is 6.05. The maximum atomic E-state index is 13.8. The van der Waals surface area contributed by atoms with Crippen LogP contribution in [-0.4, -0.2) is 35.7 Å². The van der Waals surface area contributed by atoms with Crippen molar-refractivity contribution in [3.05, 3.63) is 93.5 Å². The summed E-state index contributed by atoms with van der Waals surface area (Å²) in [6.45, 7) is 1.18. The van der Waals surface area contributed by atoms with E-state index in [1.165, 1.54) is 4.57 Å². The highest BCUT2D eigenvalue weighted by Gasteiger charge is 2.15. The highest BCUT2D eigenvalue weighted by atomic mass is 35.5. The van der Waals surface area contributed by atoms with Gasteiger partial charge in [0.05, 0.1) is 18.0 Å². The van der Waals surface area contributed by atoms with E-state index in [1.54, 1.807) is 7.11 Å². The van der Waals surface area contributed by atoms with Crippen LogP contribution in [0.3, 0.4) is 0 Å². The third-order valence-electron chi connectivity index (χ3n) is 6.76. The summed E-state index contributed by atoms with van der Waals surface area (Å²) in [4.78, 5) is 31.5. The van der Waals surface area contributed by atoms with Crippen LogP contribution in [0.25, 0.3) is 22.0 Å². The summed E-state index contributed by atoms with van der Waals surface area (Å²) < 4.78 is 6.77. The fraction of sp³-hybridized carbons (Fsp3) is 0.323. The van der Waals surface area contributed by atoms with Crippen LogP contribution in [0.2, 0.25) is 5.02 Å². The maximum absolute atomic E-state index is 13.8. The minimum atomic E-state index is -0.223. The Morgan fingerprint density at radius 2 is 1.65 bits per heavy atom. The Morgan fingerprint density at radius 1 is 0.950 bits per heavy atom. The number of hydrogen-bond acceptors (Lipinski definition) is 5. The van der Waals surface area contributed by atoms with E-state index in [9.17, 15) is 9.59 Å². The van der Waals surface area contributed by atoms with Gasteiger partial charge in [0.1, 0.15) is 18.1 Å². The van der Waals surface area contributed by atoms with Gasteiger partial charge in [-0.2, -0.15) is 0 Å². The minimum Gasteiger partial charge on any atom is -0.497 e. The van der Waals surface area contributed by atoms with Gasteiger partial charge in [-0.05, 0) is 78.9 Å². The van der Waals surface area contributed by atoms with Crippen LogP contribution in [0.1, 0.15) is 37.1 Å².